The molecule has 0 spiro atoms. The molecule has 0 aliphatic heterocycles. The Bertz CT molecular complexity index is 483. The van der Waals surface area contributed by atoms with Gasteiger partial charge in [0.2, 0.25) is 0 Å². The van der Waals surface area contributed by atoms with Gasteiger partial charge in [0, 0.05) is 12.5 Å². The summed E-state index contributed by atoms with van der Waals surface area (Å²) >= 11 is 0. The highest BCUT2D eigenvalue weighted by Gasteiger charge is 2.20. The minimum absolute atomic E-state index is 0.456. The van der Waals surface area contributed by atoms with Gasteiger partial charge >= 0.3 is 0 Å². The lowest BCUT2D eigenvalue weighted by Gasteiger charge is -2.25. The topological polar surface area (TPSA) is 38.1 Å². The summed E-state index contributed by atoms with van der Waals surface area (Å²) in [5.41, 5.74) is 1.85. The number of benzene rings is 1. The molecule has 0 saturated carbocycles. The van der Waals surface area contributed by atoms with Crippen molar-refractivity contribution in [3.63, 3.8) is 0 Å². The number of fused-ring (bicyclic) bond motifs is 1. The SMILES string of the molecule is CCCNC(Cc1nc2ccccc2o1)C(CC)CC. The molecule has 0 aliphatic rings. The van der Waals surface area contributed by atoms with Crippen LogP contribution in [0.1, 0.15) is 45.9 Å². The molecular weight excluding hydrogens is 248 g/mol. The Kier molecular flexibility index (Phi) is 5.60. The van der Waals surface area contributed by atoms with Crippen LogP contribution in [0.15, 0.2) is 28.7 Å². The molecule has 110 valence electrons. The summed E-state index contributed by atoms with van der Waals surface area (Å²) < 4.78 is 5.87. The first kappa shape index (κ1) is 15.0. The average molecular weight is 274 g/mol. The first-order valence-corrected chi connectivity index (χ1v) is 7.86. The monoisotopic (exact) mass is 274 g/mol. The third-order valence-electron chi connectivity index (χ3n) is 4.01. The number of rotatable bonds is 8. The van der Waals surface area contributed by atoms with Gasteiger partial charge in [0.25, 0.3) is 0 Å². The predicted octanol–water partition coefficient (Wildman–Crippen LogP) is 4.17. The van der Waals surface area contributed by atoms with Crippen molar-refractivity contribution in [3.8, 4) is 0 Å². The number of aromatic nitrogens is 1. The van der Waals surface area contributed by atoms with E-state index in [0.29, 0.717) is 12.0 Å². The fraction of sp³-hybridized carbons (Fsp3) is 0.588. The summed E-state index contributed by atoms with van der Waals surface area (Å²) in [7, 11) is 0. The van der Waals surface area contributed by atoms with Gasteiger partial charge in [-0.1, -0.05) is 45.7 Å². The second-order valence-electron chi connectivity index (χ2n) is 5.42. The van der Waals surface area contributed by atoms with Crippen LogP contribution >= 0.6 is 0 Å². The van der Waals surface area contributed by atoms with Gasteiger partial charge in [0.15, 0.2) is 11.5 Å². The molecule has 1 heterocycles. The lowest BCUT2D eigenvalue weighted by molar-refractivity contribution is 0.314. The van der Waals surface area contributed by atoms with Crippen LogP contribution in [0.5, 0.6) is 0 Å². The average Bonchev–Trinajstić information content (AvgIpc) is 2.88. The second kappa shape index (κ2) is 7.44. The molecule has 0 radical (unpaired) electrons. The zero-order valence-corrected chi connectivity index (χ0v) is 12.9. The summed E-state index contributed by atoms with van der Waals surface area (Å²) in [6, 6.07) is 8.44. The zero-order valence-electron chi connectivity index (χ0n) is 12.9. The van der Waals surface area contributed by atoms with Crippen molar-refractivity contribution in [1.29, 1.82) is 0 Å². The molecule has 1 aromatic heterocycles. The summed E-state index contributed by atoms with van der Waals surface area (Å²) in [5.74, 6) is 1.53. The van der Waals surface area contributed by atoms with Gasteiger partial charge in [-0.2, -0.15) is 0 Å². The van der Waals surface area contributed by atoms with Crippen molar-refractivity contribution in [1.82, 2.24) is 10.3 Å². The van der Waals surface area contributed by atoms with Crippen molar-refractivity contribution in [2.45, 2.75) is 52.5 Å². The Hall–Kier alpha value is -1.35. The molecule has 3 heteroatoms. The van der Waals surface area contributed by atoms with Gasteiger partial charge in [-0.25, -0.2) is 4.98 Å². The van der Waals surface area contributed by atoms with Crippen molar-refractivity contribution in [2.75, 3.05) is 6.54 Å². The molecule has 2 aromatic rings. The van der Waals surface area contributed by atoms with Crippen LogP contribution in [0.3, 0.4) is 0 Å². The molecule has 0 aliphatic carbocycles. The molecule has 1 unspecified atom stereocenters. The van der Waals surface area contributed by atoms with E-state index in [4.69, 9.17) is 4.42 Å². The van der Waals surface area contributed by atoms with E-state index in [9.17, 15) is 0 Å². The Balaban J connectivity index is 2.12. The third-order valence-corrected chi connectivity index (χ3v) is 4.01. The molecule has 0 fully saturated rings. The summed E-state index contributed by atoms with van der Waals surface area (Å²) in [6.07, 6.45) is 4.42. The predicted molar refractivity (Wildman–Crippen MR) is 83.9 cm³/mol. The fourth-order valence-corrected chi connectivity index (χ4v) is 2.79. The van der Waals surface area contributed by atoms with Crippen LogP contribution in [0.25, 0.3) is 11.1 Å². The number of oxazole rings is 1. The van der Waals surface area contributed by atoms with E-state index in [1.165, 1.54) is 12.8 Å². The van der Waals surface area contributed by atoms with Gasteiger partial charge in [0.05, 0.1) is 0 Å². The quantitative estimate of drug-likeness (QED) is 0.785. The number of nitrogens with zero attached hydrogens (tertiary/aromatic N) is 1. The van der Waals surface area contributed by atoms with Crippen LogP contribution in [-0.2, 0) is 6.42 Å². The van der Waals surface area contributed by atoms with Crippen molar-refractivity contribution in [2.24, 2.45) is 5.92 Å². The van der Waals surface area contributed by atoms with E-state index >= 15 is 0 Å². The molecule has 1 atom stereocenters. The summed E-state index contributed by atoms with van der Waals surface area (Å²) in [5, 5.41) is 3.66. The highest BCUT2D eigenvalue weighted by molar-refractivity contribution is 5.72. The number of para-hydroxylation sites is 2. The van der Waals surface area contributed by atoms with E-state index in [2.05, 4.69) is 31.1 Å². The van der Waals surface area contributed by atoms with Crippen LogP contribution in [0, 0.1) is 5.92 Å². The first-order valence-electron chi connectivity index (χ1n) is 7.86. The molecule has 3 nitrogen and oxygen atoms in total. The highest BCUT2D eigenvalue weighted by Crippen LogP contribution is 2.20. The van der Waals surface area contributed by atoms with Gasteiger partial charge < -0.3 is 9.73 Å². The van der Waals surface area contributed by atoms with E-state index in [1.807, 2.05) is 24.3 Å². The molecular formula is C17H26N2O. The smallest absolute Gasteiger partial charge is 0.197 e. The van der Waals surface area contributed by atoms with E-state index in [-0.39, 0.29) is 0 Å². The van der Waals surface area contributed by atoms with E-state index in [0.717, 1.165) is 36.4 Å². The fourth-order valence-electron chi connectivity index (χ4n) is 2.79. The van der Waals surface area contributed by atoms with Gasteiger partial charge in [-0.05, 0) is 31.0 Å². The van der Waals surface area contributed by atoms with Crippen LogP contribution < -0.4 is 5.32 Å². The second-order valence-corrected chi connectivity index (χ2v) is 5.42. The maximum Gasteiger partial charge on any atom is 0.197 e. The largest absolute Gasteiger partial charge is 0.441 e. The maximum absolute atomic E-state index is 5.87. The molecule has 1 N–H and O–H groups in total. The lowest BCUT2D eigenvalue weighted by atomic mass is 9.91. The molecule has 20 heavy (non-hydrogen) atoms. The molecule has 0 saturated heterocycles. The third kappa shape index (κ3) is 3.60. The van der Waals surface area contributed by atoms with E-state index in [1.54, 1.807) is 0 Å². The standard InChI is InChI=1S/C17H26N2O/c1-4-11-18-15(13(5-2)6-3)12-17-19-14-9-7-8-10-16(14)20-17/h7-10,13,15,18H,4-6,11-12H2,1-3H3. The highest BCUT2D eigenvalue weighted by atomic mass is 16.3. The van der Waals surface area contributed by atoms with Crippen LogP contribution in [0.2, 0.25) is 0 Å². The Morgan fingerprint density at radius 3 is 2.55 bits per heavy atom. The number of nitrogens with one attached hydrogen (secondary N) is 1. The Morgan fingerprint density at radius 2 is 1.90 bits per heavy atom. The van der Waals surface area contributed by atoms with Gasteiger partial charge in [-0.15, -0.1) is 0 Å². The molecule has 0 bridgehead atoms. The van der Waals surface area contributed by atoms with Crippen molar-refractivity contribution < 1.29 is 4.42 Å². The minimum atomic E-state index is 0.456. The summed E-state index contributed by atoms with van der Waals surface area (Å²) in [6.45, 7) is 7.79. The zero-order chi connectivity index (χ0) is 14.4. The first-order chi connectivity index (χ1) is 9.78. The van der Waals surface area contributed by atoms with Gasteiger partial charge in [-0.3, -0.25) is 0 Å². The van der Waals surface area contributed by atoms with Gasteiger partial charge in [0.1, 0.15) is 5.52 Å². The molecule has 1 aromatic carbocycles. The minimum Gasteiger partial charge on any atom is -0.441 e. The molecule has 0 amide bonds. The van der Waals surface area contributed by atoms with E-state index < -0.39 is 0 Å². The number of hydrogen-bond donors (Lipinski definition) is 1. The Labute approximate surface area is 121 Å². The Morgan fingerprint density at radius 1 is 1.15 bits per heavy atom. The van der Waals surface area contributed by atoms with Crippen LogP contribution in [-0.4, -0.2) is 17.6 Å². The maximum atomic E-state index is 5.87. The normalized spacial score (nSPS) is 13.2. The van der Waals surface area contributed by atoms with Crippen molar-refractivity contribution in [3.05, 3.63) is 30.2 Å². The van der Waals surface area contributed by atoms with Crippen LogP contribution in [0.4, 0.5) is 0 Å². The molecule has 2 rings (SSSR count). The summed E-state index contributed by atoms with van der Waals surface area (Å²) in [4.78, 5) is 4.60. The van der Waals surface area contributed by atoms with Crippen molar-refractivity contribution >= 4 is 11.1 Å². The number of hydrogen-bond acceptors (Lipinski definition) is 3. The lowest BCUT2D eigenvalue weighted by Crippen LogP contribution is -2.38.